The average molecular weight is 415 g/mol. The minimum atomic E-state index is -0.236. The first-order chi connectivity index (χ1) is 13.8. The molecule has 7 nitrogen and oxygen atoms in total. The number of nitrogens with zero attached hydrogens (tertiary/aromatic N) is 3. The lowest BCUT2D eigenvalue weighted by molar-refractivity contribution is -0.121. The Balaban J connectivity index is 1.75. The van der Waals surface area contributed by atoms with E-state index in [1.165, 1.54) is 22.2 Å². The molecule has 29 heavy (non-hydrogen) atoms. The predicted octanol–water partition coefficient (Wildman–Crippen LogP) is 2.50. The molecule has 0 radical (unpaired) electrons. The van der Waals surface area contributed by atoms with Crippen LogP contribution in [0.15, 0.2) is 35.4 Å². The second-order valence-corrected chi connectivity index (χ2v) is 8.37. The Hall–Kier alpha value is -2.71. The molecule has 1 amide bonds. The monoisotopic (exact) mass is 414 g/mol. The van der Waals surface area contributed by atoms with E-state index in [-0.39, 0.29) is 24.1 Å². The molecular weight excluding hydrogens is 388 g/mol. The van der Waals surface area contributed by atoms with Crippen LogP contribution in [0, 0.1) is 13.8 Å². The number of hydrogen-bond donors (Lipinski definition) is 1. The van der Waals surface area contributed by atoms with Gasteiger partial charge in [0.15, 0.2) is 0 Å². The molecule has 1 aromatic carbocycles. The van der Waals surface area contributed by atoms with E-state index in [0.717, 1.165) is 21.8 Å². The molecule has 8 heteroatoms. The number of carbonyl (C=O) groups excluding carboxylic acids is 1. The zero-order valence-electron chi connectivity index (χ0n) is 17.4. The first-order valence-corrected chi connectivity index (χ1v) is 10.2. The summed E-state index contributed by atoms with van der Waals surface area (Å²) in [6, 6.07) is 7.69. The van der Waals surface area contributed by atoms with Gasteiger partial charge < -0.3 is 15.0 Å². The number of benzene rings is 1. The van der Waals surface area contributed by atoms with Gasteiger partial charge in [-0.25, -0.2) is 4.98 Å². The number of amides is 1. The molecule has 0 fully saturated rings. The topological polar surface area (TPSA) is 76.5 Å². The summed E-state index contributed by atoms with van der Waals surface area (Å²) in [4.78, 5) is 33.5. The zero-order valence-corrected chi connectivity index (χ0v) is 18.2. The number of aryl methyl sites for hydroxylation is 2. The molecule has 0 spiro atoms. The summed E-state index contributed by atoms with van der Waals surface area (Å²) in [6.45, 7) is 4.21. The summed E-state index contributed by atoms with van der Waals surface area (Å²) >= 11 is 1.50. The van der Waals surface area contributed by atoms with Gasteiger partial charge in [0.2, 0.25) is 5.91 Å². The van der Waals surface area contributed by atoms with Crippen LogP contribution in [0.25, 0.3) is 10.2 Å². The number of ether oxygens (including phenoxy) is 1. The molecule has 0 aliphatic rings. The van der Waals surface area contributed by atoms with E-state index in [9.17, 15) is 9.59 Å². The van der Waals surface area contributed by atoms with Crippen molar-refractivity contribution in [3.05, 3.63) is 57.0 Å². The molecule has 3 rings (SSSR count). The molecule has 1 unspecified atom stereocenters. The van der Waals surface area contributed by atoms with Crippen LogP contribution >= 0.6 is 11.3 Å². The highest BCUT2D eigenvalue weighted by Crippen LogP contribution is 2.27. The van der Waals surface area contributed by atoms with Crippen molar-refractivity contribution < 1.29 is 9.53 Å². The maximum Gasteiger partial charge on any atom is 0.262 e. The Labute approximate surface area is 173 Å². The molecule has 2 heterocycles. The molecule has 0 bridgehead atoms. The van der Waals surface area contributed by atoms with Crippen LogP contribution < -0.4 is 15.6 Å². The Morgan fingerprint density at radius 1 is 1.31 bits per heavy atom. The standard InChI is InChI=1S/C21H26N4O3S/c1-13-14(2)29-20-19(13)21(27)25(12-23-20)11-18(26)22-10-16(24(3)4)15-8-6-7-9-17(15)28-5/h6-9,12,16H,10-11H2,1-5H3,(H,22,26). The van der Waals surface area contributed by atoms with Gasteiger partial charge in [-0.1, -0.05) is 18.2 Å². The van der Waals surface area contributed by atoms with Gasteiger partial charge in [-0.05, 0) is 39.6 Å². The largest absolute Gasteiger partial charge is 0.496 e. The molecule has 0 saturated carbocycles. The highest BCUT2D eigenvalue weighted by atomic mass is 32.1. The van der Waals surface area contributed by atoms with Crippen LogP contribution in [-0.2, 0) is 11.3 Å². The van der Waals surface area contributed by atoms with Crippen molar-refractivity contribution >= 4 is 27.5 Å². The van der Waals surface area contributed by atoms with Gasteiger partial charge in [-0.15, -0.1) is 11.3 Å². The fourth-order valence-corrected chi connectivity index (χ4v) is 4.30. The summed E-state index contributed by atoms with van der Waals surface area (Å²) in [7, 11) is 5.54. The third-order valence-corrected chi connectivity index (χ3v) is 6.20. The molecule has 1 atom stereocenters. The van der Waals surface area contributed by atoms with E-state index in [4.69, 9.17) is 4.74 Å². The molecule has 0 aliphatic heterocycles. The van der Waals surface area contributed by atoms with E-state index in [2.05, 4.69) is 10.3 Å². The van der Waals surface area contributed by atoms with Gasteiger partial charge in [0.05, 0.1) is 24.9 Å². The van der Waals surface area contributed by atoms with E-state index >= 15 is 0 Å². The van der Waals surface area contributed by atoms with Gasteiger partial charge in [0.1, 0.15) is 17.1 Å². The summed E-state index contributed by atoms with van der Waals surface area (Å²) in [5.41, 5.74) is 1.74. The third kappa shape index (κ3) is 4.33. The van der Waals surface area contributed by atoms with Crippen LogP contribution in [0.2, 0.25) is 0 Å². The summed E-state index contributed by atoms with van der Waals surface area (Å²) < 4.78 is 6.82. The molecule has 3 aromatic rings. The van der Waals surface area contributed by atoms with E-state index < -0.39 is 0 Å². The number of likely N-dealkylation sites (N-methyl/N-ethyl adjacent to an activating group) is 1. The normalized spacial score (nSPS) is 12.3. The number of nitrogens with one attached hydrogen (secondary N) is 1. The van der Waals surface area contributed by atoms with Gasteiger partial charge in [-0.2, -0.15) is 0 Å². The van der Waals surface area contributed by atoms with Crippen molar-refractivity contribution in [1.82, 2.24) is 19.8 Å². The quantitative estimate of drug-likeness (QED) is 0.643. The van der Waals surface area contributed by atoms with Gasteiger partial charge in [-0.3, -0.25) is 14.2 Å². The molecule has 154 valence electrons. The number of carbonyl (C=O) groups is 1. The number of thiophene rings is 1. The van der Waals surface area contributed by atoms with Gasteiger partial charge >= 0.3 is 0 Å². The highest BCUT2D eigenvalue weighted by Gasteiger charge is 2.19. The van der Waals surface area contributed by atoms with Crippen molar-refractivity contribution in [1.29, 1.82) is 0 Å². The molecule has 2 aromatic heterocycles. The lowest BCUT2D eigenvalue weighted by Crippen LogP contribution is -2.38. The first-order valence-electron chi connectivity index (χ1n) is 9.34. The highest BCUT2D eigenvalue weighted by molar-refractivity contribution is 7.18. The zero-order chi connectivity index (χ0) is 21.1. The third-order valence-electron chi connectivity index (χ3n) is 5.08. The molecule has 1 N–H and O–H groups in total. The number of aromatic nitrogens is 2. The minimum Gasteiger partial charge on any atom is -0.496 e. The first kappa shape index (κ1) is 21.0. The Kier molecular flexibility index (Phi) is 6.34. The average Bonchev–Trinajstić information content (AvgIpc) is 2.99. The fourth-order valence-electron chi connectivity index (χ4n) is 3.32. The van der Waals surface area contributed by atoms with Gasteiger partial charge in [0.25, 0.3) is 5.56 Å². The predicted molar refractivity (Wildman–Crippen MR) is 116 cm³/mol. The Morgan fingerprint density at radius 3 is 2.72 bits per heavy atom. The van der Waals surface area contributed by atoms with Crippen LogP contribution in [0.4, 0.5) is 0 Å². The molecule has 0 aliphatic carbocycles. The van der Waals surface area contributed by atoms with Crippen molar-refractivity contribution in [2.24, 2.45) is 0 Å². The number of fused-ring (bicyclic) bond motifs is 1. The van der Waals surface area contributed by atoms with Gasteiger partial charge in [0, 0.05) is 17.0 Å². The second kappa shape index (κ2) is 8.75. The summed E-state index contributed by atoms with van der Waals surface area (Å²) in [6.07, 6.45) is 1.45. The van der Waals surface area contributed by atoms with E-state index in [1.54, 1.807) is 7.11 Å². The second-order valence-electron chi connectivity index (χ2n) is 7.17. The summed E-state index contributed by atoms with van der Waals surface area (Å²) in [5.74, 6) is 0.536. The minimum absolute atomic E-state index is 0.0609. The maximum atomic E-state index is 12.8. The lowest BCUT2D eigenvalue weighted by atomic mass is 10.0. The molecule has 0 saturated heterocycles. The molecular formula is C21H26N4O3S. The van der Waals surface area contributed by atoms with Crippen molar-refractivity contribution in [2.45, 2.75) is 26.4 Å². The van der Waals surface area contributed by atoms with Crippen LogP contribution in [0.1, 0.15) is 22.0 Å². The number of para-hydroxylation sites is 1. The lowest BCUT2D eigenvalue weighted by Gasteiger charge is -2.26. The number of methoxy groups -OCH3 is 1. The number of hydrogen-bond acceptors (Lipinski definition) is 6. The van der Waals surface area contributed by atoms with Crippen LogP contribution in [0.5, 0.6) is 5.75 Å². The SMILES string of the molecule is COc1ccccc1C(CNC(=O)Cn1cnc2sc(C)c(C)c2c1=O)N(C)C. The van der Waals surface area contributed by atoms with Crippen molar-refractivity contribution in [2.75, 3.05) is 27.7 Å². The van der Waals surface area contributed by atoms with E-state index in [1.807, 2.05) is 57.1 Å². The maximum absolute atomic E-state index is 12.8. The van der Waals surface area contributed by atoms with Crippen molar-refractivity contribution in [3.63, 3.8) is 0 Å². The van der Waals surface area contributed by atoms with Crippen LogP contribution in [-0.4, -0.2) is 48.1 Å². The fraction of sp³-hybridized carbons (Fsp3) is 0.381. The Morgan fingerprint density at radius 2 is 2.03 bits per heavy atom. The van der Waals surface area contributed by atoms with Crippen molar-refractivity contribution in [3.8, 4) is 5.75 Å². The van der Waals surface area contributed by atoms with E-state index in [0.29, 0.717) is 16.8 Å². The summed E-state index contributed by atoms with van der Waals surface area (Å²) in [5, 5.41) is 3.54. The van der Waals surface area contributed by atoms with Crippen LogP contribution in [0.3, 0.4) is 0 Å². The number of rotatable bonds is 7. The smallest absolute Gasteiger partial charge is 0.262 e. The Bertz CT molecular complexity index is 1090.